The molecule has 3 atom stereocenters. The van der Waals surface area contributed by atoms with Gasteiger partial charge in [-0.3, -0.25) is 4.79 Å². The fraction of sp³-hybridized carbons (Fsp3) is 0.909. The molecule has 0 saturated carbocycles. The minimum absolute atomic E-state index is 0. The van der Waals surface area contributed by atoms with Gasteiger partial charge in [0.2, 0.25) is 5.91 Å². The predicted molar refractivity (Wildman–Crippen MR) is 73.4 cm³/mol. The molecule has 1 amide bonds. The number of carbonyl (C=O) groups excluding carboxylic acids is 1. The van der Waals surface area contributed by atoms with Crippen LogP contribution in [-0.4, -0.2) is 36.5 Å². The van der Waals surface area contributed by atoms with Gasteiger partial charge in [0.1, 0.15) is 0 Å². The van der Waals surface area contributed by atoms with Crippen LogP contribution < -0.4 is 10.6 Å². The summed E-state index contributed by atoms with van der Waals surface area (Å²) in [5.41, 5.74) is 0. The van der Waals surface area contributed by atoms with E-state index in [-0.39, 0.29) is 24.2 Å². The van der Waals surface area contributed by atoms with Crippen LogP contribution in [0.15, 0.2) is 0 Å². The summed E-state index contributed by atoms with van der Waals surface area (Å²) in [6.45, 7) is 6.03. The van der Waals surface area contributed by atoms with E-state index in [1.54, 1.807) is 11.8 Å². The Morgan fingerprint density at radius 1 is 1.62 bits per heavy atom. The second-order valence-corrected chi connectivity index (χ2v) is 5.43. The summed E-state index contributed by atoms with van der Waals surface area (Å²) in [6.07, 6.45) is 4.09. The van der Waals surface area contributed by atoms with Gasteiger partial charge in [-0.05, 0) is 25.6 Å². The molecule has 3 unspecified atom stereocenters. The lowest BCUT2D eigenvalue weighted by Gasteiger charge is -2.18. The number of hydrogen-bond acceptors (Lipinski definition) is 3. The normalized spacial score (nSPS) is 25.9. The van der Waals surface area contributed by atoms with Gasteiger partial charge in [0.05, 0.1) is 5.92 Å². The summed E-state index contributed by atoms with van der Waals surface area (Å²) in [6, 6.07) is 0.384. The molecule has 2 N–H and O–H groups in total. The van der Waals surface area contributed by atoms with Gasteiger partial charge in [0.15, 0.2) is 0 Å². The Bertz CT molecular complexity index is 216. The fourth-order valence-corrected chi connectivity index (χ4v) is 2.22. The van der Waals surface area contributed by atoms with E-state index >= 15 is 0 Å². The molecule has 1 aliphatic rings. The first-order valence-electron chi connectivity index (χ1n) is 5.73. The van der Waals surface area contributed by atoms with Gasteiger partial charge in [-0.2, -0.15) is 11.8 Å². The number of carbonyl (C=O) groups is 1. The molecule has 0 aromatic carbocycles. The number of hydrogen-bond donors (Lipinski definition) is 2. The van der Waals surface area contributed by atoms with Gasteiger partial charge in [0, 0.05) is 17.8 Å². The number of rotatable bonds is 5. The largest absolute Gasteiger partial charge is 0.355 e. The summed E-state index contributed by atoms with van der Waals surface area (Å²) in [4.78, 5) is 11.9. The second-order valence-electron chi connectivity index (χ2n) is 4.16. The van der Waals surface area contributed by atoms with Crippen molar-refractivity contribution in [2.75, 3.05) is 19.3 Å². The summed E-state index contributed by atoms with van der Waals surface area (Å²) in [7, 11) is 0. The van der Waals surface area contributed by atoms with Crippen LogP contribution in [0.2, 0.25) is 0 Å². The molecule has 0 bridgehead atoms. The van der Waals surface area contributed by atoms with Gasteiger partial charge in [-0.25, -0.2) is 0 Å². The third-order valence-electron chi connectivity index (χ3n) is 3.09. The lowest BCUT2D eigenvalue weighted by molar-refractivity contribution is -0.125. The number of thioether (sulfide) groups is 1. The van der Waals surface area contributed by atoms with Crippen molar-refractivity contribution in [2.24, 2.45) is 5.92 Å². The summed E-state index contributed by atoms with van der Waals surface area (Å²) in [5, 5.41) is 6.92. The smallest absolute Gasteiger partial charge is 0.224 e. The number of halogens is 1. The van der Waals surface area contributed by atoms with E-state index in [1.807, 2.05) is 0 Å². The summed E-state index contributed by atoms with van der Waals surface area (Å²) < 4.78 is 0. The first-order chi connectivity index (χ1) is 7.19. The molecule has 0 aromatic rings. The first-order valence-corrected chi connectivity index (χ1v) is 7.01. The van der Waals surface area contributed by atoms with Gasteiger partial charge in [-0.15, -0.1) is 12.4 Å². The highest BCUT2D eigenvalue weighted by molar-refractivity contribution is 7.99. The number of nitrogens with one attached hydrogen (secondary N) is 2. The van der Waals surface area contributed by atoms with Crippen LogP contribution in [0, 0.1) is 5.92 Å². The van der Waals surface area contributed by atoms with Crippen LogP contribution in [0.3, 0.4) is 0 Å². The molecular weight excluding hydrogens is 244 g/mol. The SMILES string of the molecule is CCC1NCCC1C(=O)NCC(C)SC.Cl. The minimum Gasteiger partial charge on any atom is -0.355 e. The van der Waals surface area contributed by atoms with E-state index in [9.17, 15) is 4.79 Å². The van der Waals surface area contributed by atoms with E-state index in [0.717, 1.165) is 25.9 Å². The van der Waals surface area contributed by atoms with Crippen LogP contribution in [-0.2, 0) is 4.79 Å². The molecular formula is C11H23ClN2OS. The Morgan fingerprint density at radius 3 is 2.88 bits per heavy atom. The van der Waals surface area contributed by atoms with Crippen LogP contribution in [0.5, 0.6) is 0 Å². The van der Waals surface area contributed by atoms with Gasteiger partial charge in [-0.1, -0.05) is 13.8 Å². The Labute approximate surface area is 109 Å². The highest BCUT2D eigenvalue weighted by atomic mass is 35.5. The van der Waals surface area contributed by atoms with E-state index in [1.165, 1.54) is 0 Å². The standard InChI is InChI=1S/C11H22N2OS.ClH/c1-4-10-9(5-6-12-10)11(14)13-7-8(2)15-3;/h8-10,12H,4-7H2,1-3H3,(H,13,14);1H. The van der Waals surface area contributed by atoms with Crippen molar-refractivity contribution >= 4 is 30.1 Å². The molecule has 3 nitrogen and oxygen atoms in total. The van der Waals surface area contributed by atoms with Gasteiger partial charge < -0.3 is 10.6 Å². The summed E-state index contributed by atoms with van der Waals surface area (Å²) >= 11 is 1.79. The Balaban J connectivity index is 0.00000225. The molecule has 1 aliphatic heterocycles. The maximum absolute atomic E-state index is 11.9. The fourth-order valence-electron chi connectivity index (χ4n) is 1.97. The zero-order valence-corrected chi connectivity index (χ0v) is 11.9. The average Bonchev–Trinajstić information content (AvgIpc) is 2.73. The van der Waals surface area contributed by atoms with E-state index in [0.29, 0.717) is 11.3 Å². The molecule has 1 fully saturated rings. The lowest BCUT2D eigenvalue weighted by Crippen LogP contribution is -2.40. The van der Waals surface area contributed by atoms with Crippen molar-refractivity contribution < 1.29 is 4.79 Å². The lowest BCUT2D eigenvalue weighted by atomic mass is 9.98. The highest BCUT2D eigenvalue weighted by Gasteiger charge is 2.31. The van der Waals surface area contributed by atoms with Crippen molar-refractivity contribution in [1.29, 1.82) is 0 Å². The second kappa shape index (κ2) is 8.20. The van der Waals surface area contributed by atoms with Crippen molar-refractivity contribution in [3.05, 3.63) is 0 Å². The molecule has 1 rings (SSSR count). The maximum atomic E-state index is 11.9. The van der Waals surface area contributed by atoms with E-state index < -0.39 is 0 Å². The molecule has 0 aliphatic carbocycles. The van der Waals surface area contributed by atoms with Crippen LogP contribution in [0.25, 0.3) is 0 Å². The Hall–Kier alpha value is 0.0700. The topological polar surface area (TPSA) is 41.1 Å². The van der Waals surface area contributed by atoms with E-state index in [4.69, 9.17) is 0 Å². The Kier molecular flexibility index (Phi) is 8.24. The monoisotopic (exact) mass is 266 g/mol. The zero-order chi connectivity index (χ0) is 11.3. The highest BCUT2D eigenvalue weighted by Crippen LogP contribution is 2.18. The first kappa shape index (κ1) is 16.1. The van der Waals surface area contributed by atoms with Crippen molar-refractivity contribution in [3.8, 4) is 0 Å². The molecule has 96 valence electrons. The van der Waals surface area contributed by atoms with Crippen LogP contribution in [0.1, 0.15) is 26.7 Å². The molecule has 5 heteroatoms. The Morgan fingerprint density at radius 2 is 2.31 bits per heavy atom. The van der Waals surface area contributed by atoms with Crippen molar-refractivity contribution in [3.63, 3.8) is 0 Å². The molecule has 16 heavy (non-hydrogen) atoms. The third kappa shape index (κ3) is 4.52. The zero-order valence-electron chi connectivity index (χ0n) is 10.3. The average molecular weight is 267 g/mol. The summed E-state index contributed by atoms with van der Waals surface area (Å²) in [5.74, 6) is 0.414. The van der Waals surface area contributed by atoms with Gasteiger partial charge in [0.25, 0.3) is 0 Å². The molecule has 0 radical (unpaired) electrons. The molecule has 0 aromatic heterocycles. The molecule has 1 saturated heterocycles. The van der Waals surface area contributed by atoms with E-state index in [2.05, 4.69) is 30.7 Å². The number of amides is 1. The van der Waals surface area contributed by atoms with Gasteiger partial charge >= 0.3 is 0 Å². The minimum atomic E-state index is 0. The van der Waals surface area contributed by atoms with Crippen LogP contribution >= 0.6 is 24.2 Å². The molecule has 1 heterocycles. The van der Waals surface area contributed by atoms with Crippen molar-refractivity contribution in [1.82, 2.24) is 10.6 Å². The third-order valence-corrected chi connectivity index (χ3v) is 4.06. The van der Waals surface area contributed by atoms with Crippen LogP contribution in [0.4, 0.5) is 0 Å². The van der Waals surface area contributed by atoms with Crippen molar-refractivity contribution in [2.45, 2.75) is 38.0 Å². The maximum Gasteiger partial charge on any atom is 0.224 e. The molecule has 0 spiro atoms. The predicted octanol–water partition coefficient (Wildman–Crippen LogP) is 1.66. The quantitative estimate of drug-likeness (QED) is 0.795.